The molecule has 1 atom stereocenters. The zero-order valence-electron chi connectivity index (χ0n) is 15.7. The van der Waals surface area contributed by atoms with Crippen molar-refractivity contribution in [1.82, 2.24) is 10.2 Å². The van der Waals surface area contributed by atoms with E-state index in [0.29, 0.717) is 6.04 Å². The first-order valence-electron chi connectivity index (χ1n) is 9.78. The Morgan fingerprint density at radius 3 is 2.48 bits per heavy atom. The molecule has 1 heterocycles. The molecule has 0 aromatic heterocycles. The Morgan fingerprint density at radius 2 is 1.72 bits per heavy atom. The molecule has 1 unspecified atom stereocenters. The van der Waals surface area contributed by atoms with Crippen LogP contribution in [0.25, 0.3) is 0 Å². The van der Waals surface area contributed by atoms with E-state index < -0.39 is 0 Å². The largest absolute Gasteiger partial charge is 0.311 e. The molecule has 1 aliphatic rings. The topological polar surface area (TPSA) is 15.3 Å². The normalized spacial score (nSPS) is 17.6. The summed E-state index contributed by atoms with van der Waals surface area (Å²) in [6.45, 7) is 8.91. The second kappa shape index (κ2) is 9.17. The third kappa shape index (κ3) is 5.42. The zero-order valence-corrected chi connectivity index (χ0v) is 15.7. The van der Waals surface area contributed by atoms with Crippen molar-refractivity contribution in [3.05, 3.63) is 71.3 Å². The highest BCUT2D eigenvalue weighted by molar-refractivity contribution is 5.30. The molecule has 0 saturated heterocycles. The van der Waals surface area contributed by atoms with Gasteiger partial charge in [-0.05, 0) is 41.9 Å². The van der Waals surface area contributed by atoms with Crippen molar-refractivity contribution < 1.29 is 0 Å². The molecular formula is C23H32N2. The SMILES string of the molecule is CC(C)CCC1Cc2ccccc2CN1CCNCc1ccccc1. The number of fused-ring (bicyclic) bond motifs is 1. The molecule has 134 valence electrons. The lowest BCUT2D eigenvalue weighted by Gasteiger charge is -2.37. The molecule has 0 bridgehead atoms. The van der Waals surface area contributed by atoms with Crippen molar-refractivity contribution in [2.45, 2.75) is 52.2 Å². The summed E-state index contributed by atoms with van der Waals surface area (Å²) in [6, 6.07) is 20.4. The van der Waals surface area contributed by atoms with Crippen LogP contribution in [0.4, 0.5) is 0 Å². The van der Waals surface area contributed by atoms with Gasteiger partial charge in [0.25, 0.3) is 0 Å². The molecule has 0 spiro atoms. The van der Waals surface area contributed by atoms with Gasteiger partial charge in [-0.15, -0.1) is 0 Å². The van der Waals surface area contributed by atoms with Crippen LogP contribution in [0, 0.1) is 5.92 Å². The maximum absolute atomic E-state index is 3.62. The van der Waals surface area contributed by atoms with Crippen molar-refractivity contribution in [2.75, 3.05) is 13.1 Å². The van der Waals surface area contributed by atoms with E-state index >= 15 is 0 Å². The summed E-state index contributed by atoms with van der Waals surface area (Å²) in [5.41, 5.74) is 4.44. The second-order valence-corrected chi connectivity index (χ2v) is 7.73. The first-order valence-corrected chi connectivity index (χ1v) is 9.78. The van der Waals surface area contributed by atoms with Crippen LogP contribution < -0.4 is 5.32 Å². The minimum Gasteiger partial charge on any atom is -0.311 e. The number of nitrogens with one attached hydrogen (secondary N) is 1. The number of benzene rings is 2. The van der Waals surface area contributed by atoms with E-state index in [1.165, 1.54) is 30.4 Å². The van der Waals surface area contributed by atoms with Gasteiger partial charge in [0.1, 0.15) is 0 Å². The third-order valence-corrected chi connectivity index (χ3v) is 5.29. The predicted octanol–water partition coefficient (Wildman–Crippen LogP) is 4.64. The van der Waals surface area contributed by atoms with Gasteiger partial charge >= 0.3 is 0 Å². The number of nitrogens with zero attached hydrogens (tertiary/aromatic N) is 1. The molecule has 0 amide bonds. The van der Waals surface area contributed by atoms with Gasteiger partial charge in [0, 0.05) is 32.2 Å². The standard InChI is InChI=1S/C23H32N2/c1-19(2)12-13-23-16-21-10-6-7-11-22(21)18-25(23)15-14-24-17-20-8-4-3-5-9-20/h3-11,19,23-24H,12-18H2,1-2H3. The Hall–Kier alpha value is -1.64. The monoisotopic (exact) mass is 336 g/mol. The molecule has 25 heavy (non-hydrogen) atoms. The van der Waals surface area contributed by atoms with Gasteiger partial charge in [0.2, 0.25) is 0 Å². The van der Waals surface area contributed by atoms with Crippen molar-refractivity contribution in [3.8, 4) is 0 Å². The molecule has 0 aliphatic carbocycles. The lowest BCUT2D eigenvalue weighted by Crippen LogP contribution is -2.43. The summed E-state index contributed by atoms with van der Waals surface area (Å²) >= 11 is 0. The molecule has 2 aromatic carbocycles. The van der Waals surface area contributed by atoms with Gasteiger partial charge in [0.05, 0.1) is 0 Å². The fourth-order valence-electron chi connectivity index (χ4n) is 3.76. The van der Waals surface area contributed by atoms with Crippen molar-refractivity contribution in [2.24, 2.45) is 5.92 Å². The molecule has 2 nitrogen and oxygen atoms in total. The Labute approximate surface area is 153 Å². The molecule has 0 radical (unpaired) electrons. The van der Waals surface area contributed by atoms with Crippen molar-refractivity contribution >= 4 is 0 Å². The van der Waals surface area contributed by atoms with E-state index in [0.717, 1.165) is 32.1 Å². The van der Waals surface area contributed by atoms with E-state index in [9.17, 15) is 0 Å². The molecule has 2 heteroatoms. The van der Waals surface area contributed by atoms with Gasteiger partial charge in [0.15, 0.2) is 0 Å². The van der Waals surface area contributed by atoms with Crippen LogP contribution in [0.3, 0.4) is 0 Å². The molecule has 0 fully saturated rings. The number of rotatable bonds is 8. The fraction of sp³-hybridized carbons (Fsp3) is 0.478. The smallest absolute Gasteiger partial charge is 0.0240 e. The van der Waals surface area contributed by atoms with Crippen LogP contribution in [0.2, 0.25) is 0 Å². The highest BCUT2D eigenvalue weighted by Crippen LogP contribution is 2.26. The van der Waals surface area contributed by atoms with Gasteiger partial charge in [-0.2, -0.15) is 0 Å². The van der Waals surface area contributed by atoms with Crippen LogP contribution >= 0.6 is 0 Å². The highest BCUT2D eigenvalue weighted by Gasteiger charge is 2.25. The molecule has 1 aliphatic heterocycles. The Morgan fingerprint density at radius 1 is 1.00 bits per heavy atom. The average molecular weight is 337 g/mol. The Bertz CT molecular complexity index is 636. The van der Waals surface area contributed by atoms with Crippen LogP contribution in [0.5, 0.6) is 0 Å². The zero-order chi connectivity index (χ0) is 17.5. The average Bonchev–Trinajstić information content (AvgIpc) is 2.64. The maximum atomic E-state index is 3.62. The predicted molar refractivity (Wildman–Crippen MR) is 107 cm³/mol. The van der Waals surface area contributed by atoms with Crippen LogP contribution in [0.15, 0.2) is 54.6 Å². The second-order valence-electron chi connectivity index (χ2n) is 7.73. The summed E-state index contributed by atoms with van der Waals surface area (Å²) in [5, 5.41) is 3.62. The van der Waals surface area contributed by atoms with Crippen molar-refractivity contribution in [1.29, 1.82) is 0 Å². The summed E-state index contributed by atoms with van der Waals surface area (Å²) in [4.78, 5) is 2.70. The molecule has 0 saturated carbocycles. The quantitative estimate of drug-likeness (QED) is 0.707. The lowest BCUT2D eigenvalue weighted by molar-refractivity contribution is 0.157. The number of hydrogen-bond donors (Lipinski definition) is 1. The van der Waals surface area contributed by atoms with Gasteiger partial charge < -0.3 is 5.32 Å². The fourth-order valence-corrected chi connectivity index (χ4v) is 3.76. The van der Waals surface area contributed by atoms with E-state index in [2.05, 4.69) is 78.7 Å². The van der Waals surface area contributed by atoms with Gasteiger partial charge in [-0.25, -0.2) is 0 Å². The van der Waals surface area contributed by atoms with E-state index in [4.69, 9.17) is 0 Å². The first kappa shape index (κ1) is 18.2. The molecule has 2 aromatic rings. The van der Waals surface area contributed by atoms with Gasteiger partial charge in [-0.3, -0.25) is 4.90 Å². The van der Waals surface area contributed by atoms with E-state index in [-0.39, 0.29) is 0 Å². The summed E-state index contributed by atoms with van der Waals surface area (Å²) in [5.74, 6) is 0.787. The minimum atomic E-state index is 0.691. The summed E-state index contributed by atoms with van der Waals surface area (Å²) < 4.78 is 0. The van der Waals surface area contributed by atoms with Gasteiger partial charge in [-0.1, -0.05) is 68.4 Å². The van der Waals surface area contributed by atoms with E-state index in [1.807, 2.05) is 0 Å². The Balaban J connectivity index is 1.54. The van der Waals surface area contributed by atoms with Crippen LogP contribution in [-0.2, 0) is 19.5 Å². The maximum Gasteiger partial charge on any atom is 0.0240 e. The molecule has 1 N–H and O–H groups in total. The van der Waals surface area contributed by atoms with Crippen LogP contribution in [0.1, 0.15) is 43.4 Å². The van der Waals surface area contributed by atoms with E-state index in [1.54, 1.807) is 5.56 Å². The molecular weight excluding hydrogens is 304 g/mol. The minimum absolute atomic E-state index is 0.691. The van der Waals surface area contributed by atoms with Crippen LogP contribution in [-0.4, -0.2) is 24.0 Å². The molecule has 3 rings (SSSR count). The summed E-state index contributed by atoms with van der Waals surface area (Å²) in [7, 11) is 0. The summed E-state index contributed by atoms with van der Waals surface area (Å²) in [6.07, 6.45) is 3.84. The lowest BCUT2D eigenvalue weighted by atomic mass is 9.90. The Kier molecular flexibility index (Phi) is 6.66. The number of hydrogen-bond acceptors (Lipinski definition) is 2. The third-order valence-electron chi connectivity index (χ3n) is 5.29. The highest BCUT2D eigenvalue weighted by atomic mass is 15.2. The first-order chi connectivity index (χ1) is 12.2. The van der Waals surface area contributed by atoms with Crippen molar-refractivity contribution in [3.63, 3.8) is 0 Å².